The third-order valence-electron chi connectivity index (χ3n) is 3.88. The first-order valence-corrected chi connectivity index (χ1v) is 8.64. The standard InChI is InChI=1S/C12H20N2O5S/c15-11(16)7-14(10-3-5-20(18,19)8-10)12(17)9-2-1-4-13-6-9/h9-10,13H,1-8H2,(H,15,16)/t9-,10?/m1/s1. The fraction of sp³-hybridized carbons (Fsp3) is 0.833. The van der Waals surface area contributed by atoms with Crippen LogP contribution < -0.4 is 5.32 Å². The van der Waals surface area contributed by atoms with E-state index in [1.54, 1.807) is 0 Å². The number of carboxylic acid groups (broad SMARTS) is 1. The van der Waals surface area contributed by atoms with Crippen LogP contribution >= 0.6 is 0 Å². The fourth-order valence-corrected chi connectivity index (χ4v) is 4.58. The Bertz CT molecular complexity index is 484. The minimum Gasteiger partial charge on any atom is -0.480 e. The third-order valence-corrected chi connectivity index (χ3v) is 5.63. The van der Waals surface area contributed by atoms with Crippen molar-refractivity contribution in [1.82, 2.24) is 10.2 Å². The molecule has 0 bridgehead atoms. The van der Waals surface area contributed by atoms with E-state index in [1.165, 1.54) is 4.90 Å². The molecule has 20 heavy (non-hydrogen) atoms. The van der Waals surface area contributed by atoms with Gasteiger partial charge in [0.15, 0.2) is 9.84 Å². The van der Waals surface area contributed by atoms with Crippen molar-refractivity contribution in [3.63, 3.8) is 0 Å². The van der Waals surface area contributed by atoms with Crippen molar-refractivity contribution >= 4 is 21.7 Å². The lowest BCUT2D eigenvalue weighted by atomic mass is 9.97. The van der Waals surface area contributed by atoms with E-state index in [-0.39, 0.29) is 23.3 Å². The van der Waals surface area contributed by atoms with Gasteiger partial charge in [-0.05, 0) is 25.8 Å². The summed E-state index contributed by atoms with van der Waals surface area (Å²) in [5.41, 5.74) is 0. The zero-order chi connectivity index (χ0) is 14.8. The first-order chi connectivity index (χ1) is 9.39. The fourth-order valence-electron chi connectivity index (χ4n) is 2.85. The van der Waals surface area contributed by atoms with E-state index in [4.69, 9.17) is 5.11 Å². The summed E-state index contributed by atoms with van der Waals surface area (Å²) in [5, 5.41) is 12.1. The Balaban J connectivity index is 2.10. The van der Waals surface area contributed by atoms with Crippen molar-refractivity contribution in [3.8, 4) is 0 Å². The smallest absolute Gasteiger partial charge is 0.323 e. The average molecular weight is 304 g/mol. The van der Waals surface area contributed by atoms with Crippen LogP contribution in [0, 0.1) is 5.92 Å². The van der Waals surface area contributed by atoms with Gasteiger partial charge < -0.3 is 15.3 Å². The highest BCUT2D eigenvalue weighted by atomic mass is 32.2. The van der Waals surface area contributed by atoms with E-state index >= 15 is 0 Å². The minimum atomic E-state index is -3.14. The summed E-state index contributed by atoms with van der Waals surface area (Å²) >= 11 is 0. The van der Waals surface area contributed by atoms with Crippen LogP contribution in [-0.4, -0.2) is 67.5 Å². The van der Waals surface area contributed by atoms with Gasteiger partial charge in [-0.2, -0.15) is 0 Å². The number of rotatable bonds is 4. The zero-order valence-electron chi connectivity index (χ0n) is 11.2. The Morgan fingerprint density at radius 2 is 2.05 bits per heavy atom. The largest absolute Gasteiger partial charge is 0.480 e. The van der Waals surface area contributed by atoms with E-state index in [1.807, 2.05) is 0 Å². The van der Waals surface area contributed by atoms with Crippen molar-refractivity contribution in [1.29, 1.82) is 0 Å². The molecule has 2 rings (SSSR count). The molecule has 0 aliphatic carbocycles. The SMILES string of the molecule is O=C(O)CN(C(=O)[C@@H]1CCCNC1)C1CCS(=O)(=O)C1. The van der Waals surface area contributed by atoms with Gasteiger partial charge in [0.2, 0.25) is 5.91 Å². The van der Waals surface area contributed by atoms with Crippen molar-refractivity contribution in [2.24, 2.45) is 5.92 Å². The first-order valence-electron chi connectivity index (χ1n) is 6.82. The highest BCUT2D eigenvalue weighted by molar-refractivity contribution is 7.91. The molecule has 0 spiro atoms. The van der Waals surface area contributed by atoms with Gasteiger partial charge in [-0.3, -0.25) is 9.59 Å². The second kappa shape index (κ2) is 6.09. The Morgan fingerprint density at radius 3 is 2.55 bits per heavy atom. The zero-order valence-corrected chi connectivity index (χ0v) is 12.1. The molecule has 2 saturated heterocycles. The topological polar surface area (TPSA) is 104 Å². The summed E-state index contributed by atoms with van der Waals surface area (Å²) in [4.78, 5) is 24.7. The molecule has 2 heterocycles. The number of carbonyl (C=O) groups excluding carboxylic acids is 1. The van der Waals surface area contributed by atoms with Gasteiger partial charge >= 0.3 is 5.97 Å². The molecular weight excluding hydrogens is 284 g/mol. The monoisotopic (exact) mass is 304 g/mol. The van der Waals surface area contributed by atoms with Gasteiger partial charge in [0.1, 0.15) is 6.54 Å². The molecule has 0 aromatic carbocycles. The van der Waals surface area contributed by atoms with Crippen LogP contribution in [0.5, 0.6) is 0 Å². The number of hydrogen-bond acceptors (Lipinski definition) is 5. The van der Waals surface area contributed by atoms with Crippen molar-refractivity contribution in [2.75, 3.05) is 31.1 Å². The van der Waals surface area contributed by atoms with Gasteiger partial charge in [-0.25, -0.2) is 8.42 Å². The quantitative estimate of drug-likeness (QED) is 0.696. The van der Waals surface area contributed by atoms with Crippen LogP contribution in [-0.2, 0) is 19.4 Å². The molecule has 2 fully saturated rings. The molecule has 2 aliphatic heterocycles. The molecule has 1 amide bonds. The molecular formula is C12H20N2O5S. The Hall–Kier alpha value is -1.15. The van der Waals surface area contributed by atoms with E-state index in [0.717, 1.165) is 19.4 Å². The van der Waals surface area contributed by atoms with E-state index in [0.29, 0.717) is 13.0 Å². The Kier molecular flexibility index (Phi) is 4.64. The Labute approximate surface area is 118 Å². The van der Waals surface area contributed by atoms with E-state index in [2.05, 4.69) is 5.32 Å². The number of piperidine rings is 1. The summed E-state index contributed by atoms with van der Waals surface area (Å²) in [6, 6.07) is -0.495. The number of aliphatic carboxylic acids is 1. The second-order valence-corrected chi connectivity index (χ2v) is 7.69. The molecule has 0 saturated carbocycles. The van der Waals surface area contributed by atoms with Crippen LogP contribution in [0.1, 0.15) is 19.3 Å². The minimum absolute atomic E-state index is 0.0317. The van der Waals surface area contributed by atoms with E-state index < -0.39 is 28.4 Å². The molecule has 2 atom stereocenters. The maximum atomic E-state index is 12.5. The predicted octanol–water partition coefficient (Wildman–Crippen LogP) is -0.914. The predicted molar refractivity (Wildman–Crippen MR) is 72.0 cm³/mol. The maximum Gasteiger partial charge on any atom is 0.323 e. The average Bonchev–Trinajstić information content (AvgIpc) is 2.76. The van der Waals surface area contributed by atoms with Gasteiger partial charge in [0.25, 0.3) is 0 Å². The number of carboxylic acids is 1. The number of amides is 1. The lowest BCUT2D eigenvalue weighted by molar-refractivity contribution is -0.148. The number of nitrogens with one attached hydrogen (secondary N) is 1. The van der Waals surface area contributed by atoms with Crippen molar-refractivity contribution in [2.45, 2.75) is 25.3 Å². The molecule has 0 aromatic rings. The second-order valence-electron chi connectivity index (χ2n) is 5.46. The van der Waals surface area contributed by atoms with Gasteiger partial charge in [-0.15, -0.1) is 0 Å². The number of nitrogens with zero attached hydrogens (tertiary/aromatic N) is 1. The lowest BCUT2D eigenvalue weighted by Crippen LogP contribution is -2.49. The lowest BCUT2D eigenvalue weighted by Gasteiger charge is -2.32. The Morgan fingerprint density at radius 1 is 1.30 bits per heavy atom. The summed E-state index contributed by atoms with van der Waals surface area (Å²) < 4.78 is 23.1. The van der Waals surface area contributed by atoms with Crippen LogP contribution in [0.4, 0.5) is 0 Å². The molecule has 7 nitrogen and oxygen atoms in total. The summed E-state index contributed by atoms with van der Waals surface area (Å²) in [6.07, 6.45) is 1.93. The van der Waals surface area contributed by atoms with Crippen LogP contribution in [0.15, 0.2) is 0 Å². The molecule has 2 aliphatic rings. The van der Waals surface area contributed by atoms with Crippen LogP contribution in [0.3, 0.4) is 0 Å². The van der Waals surface area contributed by atoms with Crippen LogP contribution in [0.2, 0.25) is 0 Å². The van der Waals surface area contributed by atoms with Gasteiger partial charge in [-0.1, -0.05) is 0 Å². The number of carbonyl (C=O) groups is 2. The molecule has 0 radical (unpaired) electrons. The maximum absolute atomic E-state index is 12.5. The molecule has 114 valence electrons. The van der Waals surface area contributed by atoms with Gasteiger partial charge in [0.05, 0.1) is 17.4 Å². The van der Waals surface area contributed by atoms with Crippen LogP contribution in [0.25, 0.3) is 0 Å². The molecule has 1 unspecified atom stereocenters. The highest BCUT2D eigenvalue weighted by Gasteiger charge is 2.38. The van der Waals surface area contributed by atoms with Gasteiger partial charge in [0, 0.05) is 12.6 Å². The summed E-state index contributed by atoms with van der Waals surface area (Å²) in [6.45, 7) is 0.977. The van der Waals surface area contributed by atoms with Crippen molar-refractivity contribution in [3.05, 3.63) is 0 Å². The molecule has 8 heteroatoms. The third kappa shape index (κ3) is 3.69. The summed E-state index contributed by atoms with van der Waals surface area (Å²) in [5.74, 6) is -1.67. The molecule has 2 N–H and O–H groups in total. The summed E-state index contributed by atoms with van der Waals surface area (Å²) in [7, 11) is -3.14. The number of sulfone groups is 1. The highest BCUT2D eigenvalue weighted by Crippen LogP contribution is 2.22. The van der Waals surface area contributed by atoms with E-state index in [9.17, 15) is 18.0 Å². The van der Waals surface area contributed by atoms with Crippen molar-refractivity contribution < 1.29 is 23.1 Å². The number of hydrogen-bond donors (Lipinski definition) is 2. The normalized spacial score (nSPS) is 29.0. The first kappa shape index (κ1) is 15.2. The molecule has 0 aromatic heterocycles.